The van der Waals surface area contributed by atoms with Gasteiger partial charge in [0.25, 0.3) is 15.7 Å². The van der Waals surface area contributed by atoms with Crippen LogP contribution < -0.4 is 10.4 Å². The minimum atomic E-state index is -3.53. The predicted molar refractivity (Wildman–Crippen MR) is 61.9 cm³/mol. The van der Waals surface area contributed by atoms with Crippen LogP contribution in [0.15, 0.2) is 4.40 Å². The summed E-state index contributed by atoms with van der Waals surface area (Å²) in [4.78, 5) is 0. The Morgan fingerprint density at radius 2 is 2.19 bits per heavy atom. The van der Waals surface area contributed by atoms with Gasteiger partial charge in [-0.3, -0.25) is 0 Å². The molecule has 0 fully saturated rings. The van der Waals surface area contributed by atoms with Gasteiger partial charge in [-0.25, -0.2) is 8.42 Å². The third-order valence-corrected chi connectivity index (χ3v) is 2.91. The molecule has 90 valence electrons. The number of halogens is 1. The summed E-state index contributed by atoms with van der Waals surface area (Å²) in [7, 11) is -1.84. The topological polar surface area (TPSA) is 92.2 Å². The summed E-state index contributed by atoms with van der Waals surface area (Å²) in [6, 6.07) is 0. The molecule has 0 aliphatic rings. The monoisotopic (exact) mass is 265 g/mol. The molecule has 1 aromatic heterocycles. The van der Waals surface area contributed by atoms with E-state index >= 15 is 0 Å². The van der Waals surface area contributed by atoms with E-state index in [1.54, 1.807) is 11.7 Å². The van der Waals surface area contributed by atoms with Crippen LogP contribution in [0.2, 0.25) is 5.02 Å². The molecule has 1 rings (SSSR count). The lowest BCUT2D eigenvalue weighted by Crippen LogP contribution is -2.39. The summed E-state index contributed by atoms with van der Waals surface area (Å²) in [5.74, 6) is -0.119. The first-order valence-corrected chi connectivity index (χ1v) is 6.81. The fourth-order valence-corrected chi connectivity index (χ4v) is 2.18. The quantitative estimate of drug-likeness (QED) is 0.447. The molecule has 8 heteroatoms. The van der Waals surface area contributed by atoms with Crippen LogP contribution in [-0.4, -0.2) is 25.6 Å². The molecule has 0 atom stereocenters. The molecule has 0 aliphatic carbocycles. The number of H-pyrrole nitrogens is 1. The van der Waals surface area contributed by atoms with Crippen LogP contribution >= 0.6 is 11.6 Å². The van der Waals surface area contributed by atoms with Crippen molar-refractivity contribution in [3.05, 3.63) is 16.4 Å². The smallest absolute Gasteiger partial charge is 0.292 e. The Balaban J connectivity index is 3.35. The van der Waals surface area contributed by atoms with Crippen molar-refractivity contribution in [3.63, 3.8) is 0 Å². The number of nitrogens with one attached hydrogen (secondary N) is 1. The standard InChI is InChI=1S/C8H13ClN4O2S/c1-4-5-6(9)7(13(2)11-5)8(10)12-16(3,14)15/h4H2,1-3H3,(H2,10,12)/p+1. The van der Waals surface area contributed by atoms with E-state index < -0.39 is 10.0 Å². The molecule has 6 nitrogen and oxygen atoms in total. The number of amidine groups is 1. The fourth-order valence-electron chi connectivity index (χ4n) is 1.34. The van der Waals surface area contributed by atoms with Gasteiger partial charge >= 0.3 is 0 Å². The number of nitrogens with two attached hydrogens (primary N) is 1. The number of aryl methyl sites for hydroxylation is 2. The van der Waals surface area contributed by atoms with Crippen molar-refractivity contribution in [2.24, 2.45) is 17.2 Å². The second-order valence-electron chi connectivity index (χ2n) is 3.38. The Morgan fingerprint density at radius 1 is 1.62 bits per heavy atom. The summed E-state index contributed by atoms with van der Waals surface area (Å²) in [6.07, 6.45) is 1.67. The van der Waals surface area contributed by atoms with Gasteiger partial charge in [-0.05, 0) is 6.42 Å². The molecule has 0 spiro atoms. The van der Waals surface area contributed by atoms with E-state index in [9.17, 15) is 8.42 Å². The maximum atomic E-state index is 11.0. The third kappa shape index (κ3) is 2.73. The zero-order chi connectivity index (χ0) is 12.5. The highest BCUT2D eigenvalue weighted by Crippen LogP contribution is 2.17. The summed E-state index contributed by atoms with van der Waals surface area (Å²) < 4.78 is 26.9. The number of aromatic nitrogens is 2. The first-order valence-electron chi connectivity index (χ1n) is 4.58. The maximum Gasteiger partial charge on any atom is 0.292 e. The summed E-state index contributed by atoms with van der Waals surface area (Å²) in [5.41, 5.74) is 6.76. The molecule has 0 amide bonds. The largest absolute Gasteiger partial charge is 0.377 e. The van der Waals surface area contributed by atoms with Crippen LogP contribution in [-0.2, 0) is 23.5 Å². The van der Waals surface area contributed by atoms with E-state index in [-0.39, 0.29) is 5.84 Å². The van der Waals surface area contributed by atoms with Crippen LogP contribution in [0, 0.1) is 0 Å². The lowest BCUT2D eigenvalue weighted by molar-refractivity contribution is -0.728. The zero-order valence-electron chi connectivity index (χ0n) is 9.28. The molecule has 16 heavy (non-hydrogen) atoms. The molecule has 3 N–H and O–H groups in total. The second kappa shape index (κ2) is 4.42. The van der Waals surface area contributed by atoms with E-state index in [1.807, 2.05) is 6.92 Å². The average Bonchev–Trinajstić information content (AvgIpc) is 2.38. The third-order valence-electron chi connectivity index (χ3n) is 1.97. The van der Waals surface area contributed by atoms with Gasteiger partial charge in [-0.2, -0.15) is 5.10 Å². The first kappa shape index (κ1) is 13.0. The van der Waals surface area contributed by atoms with Gasteiger partial charge in [0.05, 0.1) is 11.9 Å². The molecular weight excluding hydrogens is 252 g/mol. The average molecular weight is 266 g/mol. The minimum absolute atomic E-state index is 0.119. The summed E-state index contributed by atoms with van der Waals surface area (Å²) in [5, 5.41) is 3.36. The van der Waals surface area contributed by atoms with Crippen molar-refractivity contribution in [3.8, 4) is 0 Å². The lowest BCUT2D eigenvalue weighted by Gasteiger charge is -1.93. The maximum absolute atomic E-state index is 11.0. The molecular formula is C8H14ClN4O2S+. The highest BCUT2D eigenvalue weighted by molar-refractivity contribution is 7.89. The fraction of sp³-hybridized carbons (Fsp3) is 0.500. The predicted octanol–water partition coefficient (Wildman–Crippen LogP) is -0.280. The minimum Gasteiger partial charge on any atom is -0.377 e. The summed E-state index contributed by atoms with van der Waals surface area (Å²) in [6.45, 7) is 1.92. The Morgan fingerprint density at radius 3 is 2.56 bits per heavy atom. The van der Waals surface area contributed by atoms with Crippen LogP contribution in [0.1, 0.15) is 18.3 Å². The second-order valence-corrected chi connectivity index (χ2v) is 5.40. The van der Waals surface area contributed by atoms with Crippen molar-refractivity contribution >= 4 is 27.5 Å². The van der Waals surface area contributed by atoms with Crippen LogP contribution in [0.25, 0.3) is 0 Å². The lowest BCUT2D eigenvalue weighted by atomic mass is 10.3. The molecule has 0 radical (unpaired) electrons. The van der Waals surface area contributed by atoms with E-state index in [4.69, 9.17) is 17.3 Å². The molecule has 0 unspecified atom stereocenters. The van der Waals surface area contributed by atoms with Crippen molar-refractivity contribution < 1.29 is 13.1 Å². The van der Waals surface area contributed by atoms with Crippen molar-refractivity contribution in [1.29, 1.82) is 0 Å². The highest BCUT2D eigenvalue weighted by Gasteiger charge is 2.24. The van der Waals surface area contributed by atoms with Gasteiger partial charge in [0.2, 0.25) is 5.84 Å². The molecule has 0 aromatic carbocycles. The van der Waals surface area contributed by atoms with Crippen LogP contribution in [0.3, 0.4) is 0 Å². The van der Waals surface area contributed by atoms with Crippen LogP contribution in [0.5, 0.6) is 0 Å². The Bertz CT molecular complexity index is 532. The molecule has 1 heterocycles. The van der Waals surface area contributed by atoms with Gasteiger partial charge in [0.15, 0.2) is 7.05 Å². The van der Waals surface area contributed by atoms with E-state index in [1.165, 1.54) is 0 Å². The number of rotatable bonds is 3. The van der Waals surface area contributed by atoms with E-state index in [0.29, 0.717) is 17.1 Å². The Labute approximate surface area is 99.2 Å². The molecule has 1 aromatic rings. The summed E-state index contributed by atoms with van der Waals surface area (Å²) >= 11 is 6.05. The van der Waals surface area contributed by atoms with Gasteiger partial charge in [0, 0.05) is 0 Å². The SMILES string of the molecule is CCc1[nH][n+](C)c(C(N)=NS(C)(=O)=O)c1Cl. The number of hydrogen-bond acceptors (Lipinski definition) is 2. The molecule has 0 saturated carbocycles. The molecule has 0 saturated heterocycles. The zero-order valence-corrected chi connectivity index (χ0v) is 10.9. The van der Waals surface area contributed by atoms with E-state index in [0.717, 1.165) is 11.9 Å². The van der Waals surface area contributed by atoms with Gasteiger partial charge in [0.1, 0.15) is 5.02 Å². The number of sulfonamides is 1. The van der Waals surface area contributed by atoms with Crippen molar-refractivity contribution in [2.75, 3.05) is 6.26 Å². The molecule has 0 aliphatic heterocycles. The molecule has 0 bridgehead atoms. The number of hydrogen-bond donors (Lipinski definition) is 2. The van der Waals surface area contributed by atoms with Gasteiger partial charge in [-0.15, -0.1) is 9.08 Å². The van der Waals surface area contributed by atoms with Gasteiger partial charge in [-0.1, -0.05) is 18.5 Å². The number of aromatic amines is 1. The van der Waals surface area contributed by atoms with E-state index in [2.05, 4.69) is 9.50 Å². The van der Waals surface area contributed by atoms with Crippen molar-refractivity contribution in [1.82, 2.24) is 5.10 Å². The van der Waals surface area contributed by atoms with Gasteiger partial charge < -0.3 is 5.73 Å². The Hall–Kier alpha value is -1.08. The first-order chi connectivity index (χ1) is 7.26. The van der Waals surface area contributed by atoms with Crippen LogP contribution in [0.4, 0.5) is 0 Å². The van der Waals surface area contributed by atoms with Crippen molar-refractivity contribution in [2.45, 2.75) is 13.3 Å². The number of nitrogens with zero attached hydrogens (tertiary/aromatic N) is 2. The normalized spacial score (nSPS) is 13.1. The highest BCUT2D eigenvalue weighted by atomic mass is 35.5. The Kier molecular flexibility index (Phi) is 3.59.